The summed E-state index contributed by atoms with van der Waals surface area (Å²) in [5.41, 5.74) is 1.91. The molecule has 0 unspecified atom stereocenters. The highest BCUT2D eigenvalue weighted by Crippen LogP contribution is 2.27. The van der Waals surface area contributed by atoms with Crippen molar-refractivity contribution in [3.8, 4) is 5.75 Å². The maximum Gasteiger partial charge on any atom is 0.244 e. The molecule has 1 heterocycles. The van der Waals surface area contributed by atoms with Gasteiger partial charge in [0.2, 0.25) is 10.0 Å². The van der Waals surface area contributed by atoms with E-state index in [9.17, 15) is 8.42 Å². The Morgan fingerprint density at radius 2 is 2.00 bits per heavy atom. The third kappa shape index (κ3) is 3.81. The van der Waals surface area contributed by atoms with Gasteiger partial charge in [-0.3, -0.25) is 0 Å². The molecule has 2 aromatic rings. The second-order valence-electron chi connectivity index (χ2n) is 4.66. The van der Waals surface area contributed by atoms with Gasteiger partial charge in [-0.2, -0.15) is 0 Å². The lowest BCUT2D eigenvalue weighted by Gasteiger charge is -2.13. The summed E-state index contributed by atoms with van der Waals surface area (Å²) >= 11 is 1.51. The summed E-state index contributed by atoms with van der Waals surface area (Å²) in [6.07, 6.45) is 2.28. The Balaban J connectivity index is 2.17. The number of rotatable bonds is 6. The first-order valence-electron chi connectivity index (χ1n) is 6.47. The molecule has 0 saturated heterocycles. The highest BCUT2D eigenvalue weighted by atomic mass is 32.2. The van der Waals surface area contributed by atoms with Crippen LogP contribution in [0, 0.1) is 13.8 Å². The molecule has 0 radical (unpaired) electrons. The Morgan fingerprint density at radius 3 is 2.62 bits per heavy atom. The molecule has 5 nitrogen and oxygen atoms in total. The van der Waals surface area contributed by atoms with Crippen molar-refractivity contribution in [2.75, 3.05) is 13.7 Å². The molecule has 21 heavy (non-hydrogen) atoms. The van der Waals surface area contributed by atoms with Crippen LogP contribution in [0.15, 0.2) is 28.6 Å². The van der Waals surface area contributed by atoms with Crippen molar-refractivity contribution in [2.24, 2.45) is 0 Å². The van der Waals surface area contributed by atoms with Crippen molar-refractivity contribution in [3.05, 3.63) is 39.8 Å². The quantitative estimate of drug-likeness (QED) is 0.884. The van der Waals surface area contributed by atoms with E-state index in [1.165, 1.54) is 18.4 Å². The van der Waals surface area contributed by atoms with Crippen LogP contribution in [0.5, 0.6) is 5.75 Å². The highest BCUT2D eigenvalue weighted by molar-refractivity contribution is 7.89. The van der Waals surface area contributed by atoms with Gasteiger partial charge in [-0.1, -0.05) is 0 Å². The number of hydrogen-bond donors (Lipinski definition) is 1. The monoisotopic (exact) mass is 326 g/mol. The fourth-order valence-electron chi connectivity index (χ4n) is 1.88. The predicted molar refractivity (Wildman–Crippen MR) is 83.5 cm³/mol. The van der Waals surface area contributed by atoms with E-state index in [0.29, 0.717) is 18.7 Å². The average Bonchev–Trinajstić information content (AvgIpc) is 2.94. The van der Waals surface area contributed by atoms with Crippen LogP contribution in [0.1, 0.15) is 16.1 Å². The van der Waals surface area contributed by atoms with Crippen molar-refractivity contribution in [1.82, 2.24) is 9.71 Å². The molecule has 0 saturated carbocycles. The Labute approximate surface area is 129 Å². The van der Waals surface area contributed by atoms with Crippen molar-refractivity contribution in [3.63, 3.8) is 0 Å². The number of sulfonamides is 1. The van der Waals surface area contributed by atoms with E-state index < -0.39 is 10.0 Å². The lowest BCUT2D eigenvalue weighted by Crippen LogP contribution is -2.26. The van der Waals surface area contributed by atoms with Crippen LogP contribution in [0.3, 0.4) is 0 Å². The number of ether oxygens (including phenoxy) is 1. The number of methoxy groups -OCH3 is 1. The summed E-state index contributed by atoms with van der Waals surface area (Å²) in [6.45, 7) is 4.11. The fourth-order valence-corrected chi connectivity index (χ4v) is 3.77. The van der Waals surface area contributed by atoms with Crippen LogP contribution in [0.4, 0.5) is 0 Å². The zero-order chi connectivity index (χ0) is 15.5. The zero-order valence-corrected chi connectivity index (χ0v) is 13.8. The van der Waals surface area contributed by atoms with Gasteiger partial charge in [0.1, 0.15) is 10.6 Å². The smallest absolute Gasteiger partial charge is 0.244 e. The van der Waals surface area contributed by atoms with Gasteiger partial charge in [-0.05, 0) is 37.1 Å². The van der Waals surface area contributed by atoms with Gasteiger partial charge in [-0.15, -0.1) is 11.3 Å². The largest absolute Gasteiger partial charge is 0.495 e. The van der Waals surface area contributed by atoms with Crippen LogP contribution in [-0.4, -0.2) is 27.1 Å². The van der Waals surface area contributed by atoms with E-state index in [1.807, 2.05) is 19.2 Å². The molecular formula is C14H18N2O3S2. The maximum atomic E-state index is 12.4. The first kappa shape index (κ1) is 15.9. The second-order valence-corrected chi connectivity index (χ2v) is 7.38. The average molecular weight is 326 g/mol. The molecule has 0 atom stereocenters. The molecule has 0 aliphatic rings. The zero-order valence-electron chi connectivity index (χ0n) is 12.2. The third-order valence-corrected chi connectivity index (χ3v) is 5.51. The lowest BCUT2D eigenvalue weighted by atomic mass is 10.1. The molecule has 1 aromatic carbocycles. The van der Waals surface area contributed by atoms with Gasteiger partial charge < -0.3 is 4.74 Å². The van der Waals surface area contributed by atoms with Gasteiger partial charge in [0.05, 0.1) is 12.1 Å². The molecule has 2 rings (SSSR count). The minimum Gasteiger partial charge on any atom is -0.495 e. The van der Waals surface area contributed by atoms with Gasteiger partial charge in [0, 0.05) is 24.5 Å². The van der Waals surface area contributed by atoms with Crippen LogP contribution in [-0.2, 0) is 16.4 Å². The van der Waals surface area contributed by atoms with Crippen molar-refractivity contribution < 1.29 is 13.2 Å². The molecule has 114 valence electrons. The van der Waals surface area contributed by atoms with Gasteiger partial charge >= 0.3 is 0 Å². The molecule has 1 aromatic heterocycles. The Morgan fingerprint density at radius 1 is 1.29 bits per heavy atom. The normalized spacial score (nSPS) is 11.6. The molecule has 1 N–H and O–H groups in total. The SMILES string of the molecule is COc1cc(C)c(C)cc1S(=O)(=O)NCCc1nccs1. The van der Waals surface area contributed by atoms with Gasteiger partial charge in [0.25, 0.3) is 0 Å². The van der Waals surface area contributed by atoms with Crippen molar-refractivity contribution in [2.45, 2.75) is 25.2 Å². The molecule has 0 aliphatic carbocycles. The number of aromatic nitrogens is 1. The topological polar surface area (TPSA) is 68.3 Å². The maximum absolute atomic E-state index is 12.4. The second kappa shape index (κ2) is 6.55. The van der Waals surface area contributed by atoms with Crippen LogP contribution in [0.2, 0.25) is 0 Å². The summed E-state index contributed by atoms with van der Waals surface area (Å²) < 4.78 is 32.6. The van der Waals surface area contributed by atoms with Crippen molar-refractivity contribution >= 4 is 21.4 Å². The number of hydrogen-bond acceptors (Lipinski definition) is 5. The Hall–Kier alpha value is -1.44. The van der Waals surface area contributed by atoms with E-state index in [-0.39, 0.29) is 4.90 Å². The minimum absolute atomic E-state index is 0.173. The first-order valence-corrected chi connectivity index (χ1v) is 8.83. The van der Waals surface area contributed by atoms with E-state index in [2.05, 4.69) is 9.71 Å². The summed E-state index contributed by atoms with van der Waals surface area (Å²) in [7, 11) is -2.12. The molecule has 7 heteroatoms. The minimum atomic E-state index is -3.59. The fraction of sp³-hybridized carbons (Fsp3) is 0.357. The first-order chi connectivity index (χ1) is 9.94. The number of thiazole rings is 1. The molecule has 0 amide bonds. The van der Waals surface area contributed by atoms with E-state index in [4.69, 9.17) is 4.74 Å². The molecule has 0 spiro atoms. The Bertz CT molecular complexity index is 710. The van der Waals surface area contributed by atoms with E-state index >= 15 is 0 Å². The van der Waals surface area contributed by atoms with Crippen LogP contribution < -0.4 is 9.46 Å². The van der Waals surface area contributed by atoms with Gasteiger partial charge in [-0.25, -0.2) is 18.1 Å². The molecular weight excluding hydrogens is 308 g/mol. The predicted octanol–water partition coefficient (Wildman–Crippen LogP) is 2.29. The van der Waals surface area contributed by atoms with Crippen LogP contribution >= 0.6 is 11.3 Å². The number of nitrogens with one attached hydrogen (secondary N) is 1. The number of nitrogens with zero attached hydrogens (tertiary/aromatic N) is 1. The summed E-state index contributed by atoms with van der Waals surface area (Å²) in [5, 5.41) is 2.78. The summed E-state index contributed by atoms with van der Waals surface area (Å²) in [5.74, 6) is 0.361. The molecule has 0 bridgehead atoms. The van der Waals surface area contributed by atoms with E-state index in [1.54, 1.807) is 18.3 Å². The van der Waals surface area contributed by atoms with Crippen molar-refractivity contribution in [1.29, 1.82) is 0 Å². The standard InChI is InChI=1S/C14H18N2O3S2/c1-10-8-12(19-3)13(9-11(10)2)21(17,18)16-5-4-14-15-6-7-20-14/h6-9,16H,4-5H2,1-3H3. The van der Waals surface area contributed by atoms with Crippen LogP contribution in [0.25, 0.3) is 0 Å². The summed E-state index contributed by atoms with van der Waals surface area (Å²) in [6, 6.07) is 3.38. The highest BCUT2D eigenvalue weighted by Gasteiger charge is 2.20. The third-order valence-electron chi connectivity index (χ3n) is 3.18. The summed E-state index contributed by atoms with van der Waals surface area (Å²) in [4.78, 5) is 4.30. The molecule has 0 aliphatic heterocycles. The van der Waals surface area contributed by atoms with E-state index in [0.717, 1.165) is 16.1 Å². The lowest BCUT2D eigenvalue weighted by molar-refractivity contribution is 0.402. The Kier molecular flexibility index (Phi) is 4.97. The number of aryl methyl sites for hydroxylation is 2. The van der Waals surface area contributed by atoms with Gasteiger partial charge in [0.15, 0.2) is 0 Å². The number of benzene rings is 1. The molecule has 0 fully saturated rings.